The van der Waals surface area contributed by atoms with E-state index >= 15 is 0 Å². The Balaban J connectivity index is 2.49. The first kappa shape index (κ1) is 13.8. The van der Waals surface area contributed by atoms with Gasteiger partial charge in [0.25, 0.3) is 0 Å². The standard InChI is InChI=1S/C14H17FO3Si/c1-17-13-6-9-5-10(8-16)14(18-19(2,3)4)11(9)7-12(13)15/h6-8H,5H2,1-4H3. The number of aldehydes is 1. The molecule has 1 aliphatic rings. The van der Waals surface area contributed by atoms with E-state index in [2.05, 4.69) is 0 Å². The number of hydrogen-bond donors (Lipinski definition) is 0. The number of carbonyl (C=O) groups is 1. The lowest BCUT2D eigenvalue weighted by atomic mass is 10.1. The summed E-state index contributed by atoms with van der Waals surface area (Å²) in [5, 5.41) is 0. The smallest absolute Gasteiger partial charge is 0.242 e. The Morgan fingerprint density at radius 2 is 2.00 bits per heavy atom. The van der Waals surface area contributed by atoms with Crippen LogP contribution in [0.25, 0.3) is 5.76 Å². The molecule has 0 heterocycles. The summed E-state index contributed by atoms with van der Waals surface area (Å²) in [5.74, 6) is 0.286. The lowest BCUT2D eigenvalue weighted by molar-refractivity contribution is -0.104. The van der Waals surface area contributed by atoms with Crippen LogP contribution in [-0.4, -0.2) is 21.7 Å². The third-order valence-electron chi connectivity index (χ3n) is 2.85. The molecule has 2 rings (SSSR count). The maximum atomic E-state index is 13.8. The lowest BCUT2D eigenvalue weighted by Gasteiger charge is -2.21. The zero-order valence-electron chi connectivity index (χ0n) is 11.5. The van der Waals surface area contributed by atoms with E-state index in [4.69, 9.17) is 9.16 Å². The van der Waals surface area contributed by atoms with E-state index in [1.807, 2.05) is 19.6 Å². The number of fused-ring (bicyclic) bond motifs is 1. The molecule has 0 amide bonds. The van der Waals surface area contributed by atoms with Gasteiger partial charge < -0.3 is 9.16 Å². The van der Waals surface area contributed by atoms with Crippen molar-refractivity contribution in [1.29, 1.82) is 0 Å². The summed E-state index contributed by atoms with van der Waals surface area (Å²) in [4.78, 5) is 11.2. The molecule has 19 heavy (non-hydrogen) atoms. The van der Waals surface area contributed by atoms with Gasteiger partial charge in [-0.15, -0.1) is 0 Å². The van der Waals surface area contributed by atoms with Crippen molar-refractivity contribution in [1.82, 2.24) is 0 Å². The van der Waals surface area contributed by atoms with Crippen molar-refractivity contribution < 1.29 is 18.3 Å². The Kier molecular flexibility index (Phi) is 3.49. The highest BCUT2D eigenvalue weighted by atomic mass is 28.4. The van der Waals surface area contributed by atoms with Crippen molar-refractivity contribution in [3.63, 3.8) is 0 Å². The van der Waals surface area contributed by atoms with Gasteiger partial charge in [0.15, 0.2) is 11.6 Å². The third-order valence-corrected chi connectivity index (χ3v) is 3.66. The van der Waals surface area contributed by atoms with E-state index in [-0.39, 0.29) is 5.75 Å². The third kappa shape index (κ3) is 2.70. The Morgan fingerprint density at radius 3 is 2.53 bits per heavy atom. The van der Waals surface area contributed by atoms with Gasteiger partial charge in [0.2, 0.25) is 8.32 Å². The maximum Gasteiger partial charge on any atom is 0.242 e. The average molecular weight is 280 g/mol. The van der Waals surface area contributed by atoms with Crippen LogP contribution < -0.4 is 4.74 Å². The summed E-state index contributed by atoms with van der Waals surface area (Å²) in [7, 11) is -0.435. The van der Waals surface area contributed by atoms with Crippen LogP contribution in [0.15, 0.2) is 17.7 Å². The molecule has 0 unspecified atom stereocenters. The van der Waals surface area contributed by atoms with E-state index in [0.717, 1.165) is 11.8 Å². The molecule has 102 valence electrons. The molecule has 0 atom stereocenters. The number of carbonyl (C=O) groups excluding carboxylic acids is 1. The molecule has 0 saturated heterocycles. The summed E-state index contributed by atoms with van der Waals surface area (Å²) in [6.45, 7) is 6.08. The van der Waals surface area contributed by atoms with Crippen molar-refractivity contribution in [3.8, 4) is 5.75 Å². The Morgan fingerprint density at radius 1 is 1.32 bits per heavy atom. The molecule has 0 saturated carbocycles. The van der Waals surface area contributed by atoms with Gasteiger partial charge in [-0.2, -0.15) is 0 Å². The fourth-order valence-electron chi connectivity index (χ4n) is 2.09. The van der Waals surface area contributed by atoms with Crippen LogP contribution in [0.4, 0.5) is 4.39 Å². The zero-order chi connectivity index (χ0) is 14.2. The van der Waals surface area contributed by atoms with Crippen LogP contribution in [0.2, 0.25) is 19.6 Å². The first-order chi connectivity index (χ1) is 8.85. The molecule has 0 spiro atoms. The van der Waals surface area contributed by atoms with Crippen LogP contribution in [0.1, 0.15) is 11.1 Å². The largest absolute Gasteiger partial charge is 0.544 e. The molecule has 5 heteroatoms. The molecule has 1 aliphatic carbocycles. The summed E-state index contributed by atoms with van der Waals surface area (Å²) in [6.07, 6.45) is 1.26. The van der Waals surface area contributed by atoms with Crippen molar-refractivity contribution >= 4 is 20.4 Å². The fourth-order valence-corrected chi connectivity index (χ4v) is 2.94. The molecule has 0 fully saturated rings. The highest BCUT2D eigenvalue weighted by Gasteiger charge is 2.29. The predicted octanol–water partition coefficient (Wildman–Crippen LogP) is 3.15. The molecule has 0 bridgehead atoms. The zero-order valence-corrected chi connectivity index (χ0v) is 12.5. The summed E-state index contributed by atoms with van der Waals surface area (Å²) in [6, 6.07) is 3.02. The molecule has 1 aromatic carbocycles. The molecule has 0 aliphatic heterocycles. The molecule has 1 aromatic rings. The summed E-state index contributed by atoms with van der Waals surface area (Å²) in [5.41, 5.74) is 2.11. The number of halogens is 1. The predicted molar refractivity (Wildman–Crippen MR) is 74.1 cm³/mol. The van der Waals surface area contributed by atoms with E-state index < -0.39 is 14.1 Å². The molecule has 0 N–H and O–H groups in total. The van der Waals surface area contributed by atoms with Crippen molar-refractivity contribution in [2.75, 3.05) is 7.11 Å². The summed E-state index contributed by atoms with van der Waals surface area (Å²) < 4.78 is 24.7. The van der Waals surface area contributed by atoms with Gasteiger partial charge in [-0.1, -0.05) is 0 Å². The fraction of sp³-hybridized carbons (Fsp3) is 0.357. The molecule has 0 aromatic heterocycles. The quantitative estimate of drug-likeness (QED) is 0.628. The van der Waals surface area contributed by atoms with Crippen molar-refractivity contribution in [2.24, 2.45) is 0 Å². The minimum atomic E-state index is -1.86. The van der Waals surface area contributed by atoms with Crippen molar-refractivity contribution in [2.45, 2.75) is 26.1 Å². The molecule has 0 radical (unpaired) electrons. The molecular weight excluding hydrogens is 263 g/mol. The number of benzene rings is 1. The van der Waals surface area contributed by atoms with Gasteiger partial charge in [0, 0.05) is 17.6 Å². The monoisotopic (exact) mass is 280 g/mol. The van der Waals surface area contributed by atoms with Crippen LogP contribution in [0, 0.1) is 5.82 Å². The number of allylic oxidation sites excluding steroid dienone is 1. The van der Waals surface area contributed by atoms with Crippen LogP contribution in [-0.2, 0) is 15.6 Å². The normalized spacial score (nSPS) is 14.4. The highest BCUT2D eigenvalue weighted by Crippen LogP contribution is 2.37. The number of ether oxygens (including phenoxy) is 1. The van der Waals surface area contributed by atoms with Gasteiger partial charge >= 0.3 is 0 Å². The first-order valence-corrected chi connectivity index (χ1v) is 9.50. The van der Waals surface area contributed by atoms with E-state index in [1.54, 1.807) is 6.07 Å². The van der Waals surface area contributed by atoms with E-state index in [0.29, 0.717) is 23.3 Å². The Hall–Kier alpha value is -1.62. The second-order valence-corrected chi connectivity index (χ2v) is 9.94. The van der Waals surface area contributed by atoms with E-state index in [1.165, 1.54) is 13.2 Å². The SMILES string of the molecule is COc1cc2c(cc1F)C(O[Si](C)(C)C)=C(C=O)C2. The van der Waals surface area contributed by atoms with E-state index in [9.17, 15) is 9.18 Å². The number of hydrogen-bond acceptors (Lipinski definition) is 3. The van der Waals surface area contributed by atoms with Gasteiger partial charge in [0.05, 0.1) is 7.11 Å². The van der Waals surface area contributed by atoms with Crippen molar-refractivity contribution in [3.05, 3.63) is 34.6 Å². The van der Waals surface area contributed by atoms with Gasteiger partial charge in [-0.05, 0) is 37.3 Å². The highest BCUT2D eigenvalue weighted by molar-refractivity contribution is 6.70. The van der Waals surface area contributed by atoms with Crippen LogP contribution >= 0.6 is 0 Å². The maximum absolute atomic E-state index is 13.8. The summed E-state index contributed by atoms with van der Waals surface area (Å²) >= 11 is 0. The number of methoxy groups -OCH3 is 1. The van der Waals surface area contributed by atoms with Crippen LogP contribution in [0.5, 0.6) is 5.75 Å². The Bertz CT molecular complexity index is 559. The average Bonchev–Trinajstić information content (AvgIpc) is 2.64. The lowest BCUT2D eigenvalue weighted by Crippen LogP contribution is -2.24. The van der Waals surface area contributed by atoms with Gasteiger partial charge in [-0.25, -0.2) is 4.39 Å². The van der Waals surface area contributed by atoms with Crippen LogP contribution in [0.3, 0.4) is 0 Å². The molecular formula is C14H17FO3Si. The molecule has 3 nitrogen and oxygen atoms in total. The van der Waals surface area contributed by atoms with Gasteiger partial charge in [-0.3, -0.25) is 4.79 Å². The van der Waals surface area contributed by atoms with Gasteiger partial charge in [0.1, 0.15) is 12.0 Å². The minimum absolute atomic E-state index is 0.193. The topological polar surface area (TPSA) is 35.5 Å². The Labute approximate surface area is 113 Å². The second-order valence-electron chi connectivity index (χ2n) is 5.51. The first-order valence-electron chi connectivity index (χ1n) is 6.10. The second kappa shape index (κ2) is 4.81. The number of rotatable bonds is 4. The minimum Gasteiger partial charge on any atom is -0.544 e.